The van der Waals surface area contributed by atoms with Gasteiger partial charge in [-0.3, -0.25) is 0 Å². The molecule has 0 spiro atoms. The zero-order valence-corrected chi connectivity index (χ0v) is 17.9. The molecule has 1 fully saturated rings. The van der Waals surface area contributed by atoms with Crippen molar-refractivity contribution in [3.05, 3.63) is 29.6 Å². The smallest absolute Gasteiger partial charge is 0.407 e. The highest BCUT2D eigenvalue weighted by Gasteiger charge is 2.28. The molecule has 0 saturated carbocycles. The topological polar surface area (TPSA) is 96.8 Å². The number of ether oxygens (including phenoxy) is 2. The summed E-state index contributed by atoms with van der Waals surface area (Å²) in [6.45, 7) is 4.95. The second kappa shape index (κ2) is 8.35. The van der Waals surface area contributed by atoms with Crippen molar-refractivity contribution in [3.63, 3.8) is 0 Å². The van der Waals surface area contributed by atoms with E-state index in [2.05, 4.69) is 24.1 Å². The Kier molecular flexibility index (Phi) is 5.63. The van der Waals surface area contributed by atoms with E-state index < -0.39 is 6.09 Å². The Bertz CT molecular complexity index is 1070. The van der Waals surface area contributed by atoms with Gasteiger partial charge in [-0.2, -0.15) is 0 Å². The van der Waals surface area contributed by atoms with Crippen LogP contribution in [0.25, 0.3) is 22.3 Å². The average Bonchev–Trinajstić information content (AvgIpc) is 3.36. The number of hydrogen-bond acceptors (Lipinski definition) is 7. The monoisotopic (exact) mass is 428 g/mol. The fourth-order valence-electron chi connectivity index (χ4n) is 3.41. The van der Waals surface area contributed by atoms with Crippen LogP contribution in [0.1, 0.15) is 20.3 Å². The van der Waals surface area contributed by atoms with Crippen molar-refractivity contribution in [2.75, 3.05) is 25.5 Å². The fraction of sp³-hybridized carbons (Fsp3) is 0.381. The fourth-order valence-corrected chi connectivity index (χ4v) is 4.27. The highest BCUT2D eigenvalue weighted by molar-refractivity contribution is 7.14. The molecule has 3 heterocycles. The summed E-state index contributed by atoms with van der Waals surface area (Å²) < 4.78 is 11.6. The van der Waals surface area contributed by atoms with Crippen LogP contribution < -0.4 is 14.8 Å². The minimum absolute atomic E-state index is 0.199. The van der Waals surface area contributed by atoms with E-state index in [1.165, 1.54) is 16.2 Å². The lowest BCUT2D eigenvalue weighted by Crippen LogP contribution is -2.29. The Morgan fingerprint density at radius 2 is 2.13 bits per heavy atom. The lowest BCUT2D eigenvalue weighted by Gasteiger charge is -2.17. The molecule has 9 heteroatoms. The number of benzene rings is 1. The maximum atomic E-state index is 11.2. The van der Waals surface area contributed by atoms with E-state index in [0.29, 0.717) is 36.7 Å². The molecule has 0 bridgehead atoms. The SMILES string of the molecule is COc1ccc2c(OC3CCN(C(=O)O)C3)cc(-c3csc(NC(C)C)n3)nc2c1. The Hall–Kier alpha value is -3.07. The molecule has 1 saturated heterocycles. The average molecular weight is 429 g/mol. The number of rotatable bonds is 6. The molecule has 0 radical (unpaired) electrons. The highest BCUT2D eigenvalue weighted by Crippen LogP contribution is 2.34. The Labute approximate surface area is 178 Å². The number of aromatic nitrogens is 2. The van der Waals surface area contributed by atoms with Gasteiger partial charge in [0.25, 0.3) is 0 Å². The van der Waals surface area contributed by atoms with E-state index in [4.69, 9.17) is 14.5 Å². The molecule has 158 valence electrons. The first-order chi connectivity index (χ1) is 14.4. The summed E-state index contributed by atoms with van der Waals surface area (Å²) in [4.78, 5) is 22.0. The van der Waals surface area contributed by atoms with Gasteiger partial charge in [0.15, 0.2) is 5.13 Å². The van der Waals surface area contributed by atoms with Gasteiger partial charge in [-0.25, -0.2) is 14.8 Å². The van der Waals surface area contributed by atoms with Crippen LogP contribution >= 0.6 is 11.3 Å². The number of anilines is 1. The third-order valence-electron chi connectivity index (χ3n) is 4.87. The van der Waals surface area contributed by atoms with Crippen molar-refractivity contribution in [2.45, 2.75) is 32.4 Å². The first-order valence-electron chi connectivity index (χ1n) is 9.78. The van der Waals surface area contributed by atoms with Crippen LogP contribution in [-0.2, 0) is 0 Å². The van der Waals surface area contributed by atoms with Crippen molar-refractivity contribution >= 4 is 33.5 Å². The molecule has 1 aliphatic rings. The molecule has 0 aliphatic carbocycles. The summed E-state index contributed by atoms with van der Waals surface area (Å²) in [5.41, 5.74) is 2.20. The number of methoxy groups -OCH3 is 1. The first-order valence-corrected chi connectivity index (χ1v) is 10.7. The molecule has 1 atom stereocenters. The Balaban J connectivity index is 1.70. The molecule has 3 aromatic rings. The molecule has 1 aliphatic heterocycles. The maximum absolute atomic E-state index is 11.2. The van der Waals surface area contributed by atoms with Gasteiger partial charge in [0.1, 0.15) is 23.3 Å². The number of nitrogens with one attached hydrogen (secondary N) is 1. The van der Waals surface area contributed by atoms with Crippen LogP contribution in [0.15, 0.2) is 29.6 Å². The number of likely N-dealkylation sites (tertiary alicyclic amines) is 1. The second-order valence-corrected chi connectivity index (χ2v) is 8.34. The zero-order valence-electron chi connectivity index (χ0n) is 17.1. The number of amides is 1. The molecule has 8 nitrogen and oxygen atoms in total. The summed E-state index contributed by atoms with van der Waals surface area (Å²) >= 11 is 1.53. The van der Waals surface area contributed by atoms with Gasteiger partial charge >= 0.3 is 6.09 Å². The highest BCUT2D eigenvalue weighted by atomic mass is 32.1. The van der Waals surface area contributed by atoms with Crippen molar-refractivity contribution in [1.29, 1.82) is 0 Å². The van der Waals surface area contributed by atoms with Gasteiger partial charge in [0.2, 0.25) is 0 Å². The van der Waals surface area contributed by atoms with E-state index in [1.807, 2.05) is 29.6 Å². The predicted molar refractivity (Wildman–Crippen MR) is 117 cm³/mol. The van der Waals surface area contributed by atoms with E-state index in [-0.39, 0.29) is 12.1 Å². The number of hydrogen-bond donors (Lipinski definition) is 2. The van der Waals surface area contributed by atoms with Gasteiger partial charge in [-0.1, -0.05) is 0 Å². The third kappa shape index (κ3) is 4.25. The normalized spacial score (nSPS) is 16.3. The quantitative estimate of drug-likeness (QED) is 0.603. The second-order valence-electron chi connectivity index (χ2n) is 7.48. The number of thiazole rings is 1. The van der Waals surface area contributed by atoms with Crippen LogP contribution in [0, 0.1) is 0 Å². The number of carbonyl (C=O) groups is 1. The van der Waals surface area contributed by atoms with E-state index in [9.17, 15) is 9.90 Å². The van der Waals surface area contributed by atoms with Gasteiger partial charge in [0.05, 0.1) is 24.9 Å². The molecular weight excluding hydrogens is 404 g/mol. The maximum Gasteiger partial charge on any atom is 0.407 e. The molecule has 2 aromatic heterocycles. The van der Waals surface area contributed by atoms with E-state index in [1.54, 1.807) is 7.11 Å². The number of fused-ring (bicyclic) bond motifs is 1. The predicted octanol–water partition coefficient (Wildman–Crippen LogP) is 4.32. The van der Waals surface area contributed by atoms with Gasteiger partial charge in [-0.05, 0) is 26.0 Å². The Morgan fingerprint density at radius 3 is 2.83 bits per heavy atom. The zero-order chi connectivity index (χ0) is 21.3. The van der Waals surface area contributed by atoms with Gasteiger partial charge in [-0.15, -0.1) is 11.3 Å². The molecular formula is C21H24N4O4S. The van der Waals surface area contributed by atoms with Gasteiger partial charge < -0.3 is 24.8 Å². The van der Waals surface area contributed by atoms with Crippen LogP contribution in [0.5, 0.6) is 11.5 Å². The molecule has 1 amide bonds. The summed E-state index contributed by atoms with van der Waals surface area (Å²) in [6, 6.07) is 7.81. The van der Waals surface area contributed by atoms with Crippen LogP contribution in [0.4, 0.5) is 9.93 Å². The summed E-state index contributed by atoms with van der Waals surface area (Å²) in [7, 11) is 1.62. The standard InChI is InChI=1S/C21H24N4O4S/c1-12(2)22-20-24-18(11-30-20)17-9-19(29-14-6-7-25(10-14)21(26)27)15-5-4-13(28-3)8-16(15)23-17/h4-5,8-9,11-12,14H,6-7,10H2,1-3H3,(H,22,24)(H,26,27). The number of nitrogens with zero attached hydrogens (tertiary/aromatic N) is 3. The lowest BCUT2D eigenvalue weighted by atomic mass is 10.1. The molecule has 1 unspecified atom stereocenters. The first kappa shape index (κ1) is 20.2. The van der Waals surface area contributed by atoms with Crippen molar-refractivity contribution in [2.24, 2.45) is 0 Å². The number of carboxylic acid groups (broad SMARTS) is 1. The summed E-state index contributed by atoms with van der Waals surface area (Å²) in [5.74, 6) is 1.37. The van der Waals surface area contributed by atoms with Crippen molar-refractivity contribution in [1.82, 2.24) is 14.9 Å². The number of pyridine rings is 1. The van der Waals surface area contributed by atoms with Crippen LogP contribution in [0.2, 0.25) is 0 Å². The van der Waals surface area contributed by atoms with Crippen LogP contribution in [-0.4, -0.2) is 58.4 Å². The minimum Gasteiger partial charge on any atom is -0.497 e. The molecule has 30 heavy (non-hydrogen) atoms. The van der Waals surface area contributed by atoms with E-state index >= 15 is 0 Å². The van der Waals surface area contributed by atoms with Crippen molar-refractivity contribution < 1.29 is 19.4 Å². The van der Waals surface area contributed by atoms with Crippen molar-refractivity contribution in [3.8, 4) is 22.9 Å². The Morgan fingerprint density at radius 1 is 1.30 bits per heavy atom. The summed E-state index contributed by atoms with van der Waals surface area (Å²) in [5, 5.41) is 16.2. The summed E-state index contributed by atoms with van der Waals surface area (Å²) in [6.07, 6.45) is -0.463. The third-order valence-corrected chi connectivity index (χ3v) is 5.64. The molecule has 2 N–H and O–H groups in total. The largest absolute Gasteiger partial charge is 0.497 e. The lowest BCUT2D eigenvalue weighted by molar-refractivity contribution is 0.146. The van der Waals surface area contributed by atoms with Crippen LogP contribution in [0.3, 0.4) is 0 Å². The molecule has 1 aromatic carbocycles. The van der Waals surface area contributed by atoms with E-state index in [0.717, 1.165) is 21.7 Å². The molecule has 4 rings (SSSR count). The minimum atomic E-state index is -0.918. The van der Waals surface area contributed by atoms with Gasteiger partial charge in [0, 0.05) is 41.9 Å².